The van der Waals surface area contributed by atoms with Crippen molar-refractivity contribution in [3.8, 4) is 0 Å². The highest BCUT2D eigenvalue weighted by atomic mass is 16.4. The number of urea groups is 1. The van der Waals surface area contributed by atoms with Gasteiger partial charge in [-0.3, -0.25) is 0 Å². The Bertz CT molecular complexity index is 372. The van der Waals surface area contributed by atoms with Crippen molar-refractivity contribution in [3.05, 3.63) is 0 Å². The lowest BCUT2D eigenvalue weighted by molar-refractivity contribution is -0.144. The molecule has 0 aromatic carbocycles. The van der Waals surface area contributed by atoms with Gasteiger partial charge in [-0.15, -0.1) is 0 Å². The van der Waals surface area contributed by atoms with Crippen LogP contribution in [0.1, 0.15) is 52.4 Å². The molecule has 5 heteroatoms. The van der Waals surface area contributed by atoms with Crippen LogP contribution in [0, 0.1) is 11.8 Å². The molecule has 2 amide bonds. The lowest BCUT2D eigenvalue weighted by Crippen LogP contribution is -2.54. The van der Waals surface area contributed by atoms with Crippen molar-refractivity contribution in [2.75, 3.05) is 6.54 Å². The fourth-order valence-electron chi connectivity index (χ4n) is 3.24. The monoisotopic (exact) mass is 282 g/mol. The summed E-state index contributed by atoms with van der Waals surface area (Å²) in [7, 11) is 0. The van der Waals surface area contributed by atoms with Crippen molar-refractivity contribution in [1.29, 1.82) is 0 Å². The molecule has 114 valence electrons. The predicted molar refractivity (Wildman–Crippen MR) is 76.5 cm³/mol. The number of rotatable bonds is 5. The number of carboxylic acid groups (broad SMARTS) is 1. The number of carbonyl (C=O) groups is 2. The van der Waals surface area contributed by atoms with Crippen LogP contribution in [0.25, 0.3) is 0 Å². The molecular formula is C15H26N2O3. The largest absolute Gasteiger partial charge is 0.480 e. The Balaban J connectivity index is 1.89. The van der Waals surface area contributed by atoms with Crippen molar-refractivity contribution in [2.24, 2.45) is 11.8 Å². The number of likely N-dealkylation sites (tertiary alicyclic amines) is 1. The van der Waals surface area contributed by atoms with E-state index in [-0.39, 0.29) is 12.1 Å². The third kappa shape index (κ3) is 3.44. The molecule has 2 rings (SSSR count). The maximum absolute atomic E-state index is 12.3. The van der Waals surface area contributed by atoms with Gasteiger partial charge in [-0.05, 0) is 37.5 Å². The second kappa shape index (κ2) is 6.46. The number of nitrogens with one attached hydrogen (secondary N) is 1. The van der Waals surface area contributed by atoms with Crippen LogP contribution in [0.3, 0.4) is 0 Å². The SMILES string of the molecule is CCCC1CC1NC(=O)N1CCC(CC)CC1C(=O)O. The zero-order valence-electron chi connectivity index (χ0n) is 12.5. The summed E-state index contributed by atoms with van der Waals surface area (Å²) < 4.78 is 0. The van der Waals surface area contributed by atoms with Gasteiger partial charge in [0.25, 0.3) is 0 Å². The molecular weight excluding hydrogens is 256 g/mol. The van der Waals surface area contributed by atoms with Gasteiger partial charge in [-0.25, -0.2) is 9.59 Å². The van der Waals surface area contributed by atoms with Crippen LogP contribution in [0.15, 0.2) is 0 Å². The van der Waals surface area contributed by atoms with Gasteiger partial charge >= 0.3 is 12.0 Å². The summed E-state index contributed by atoms with van der Waals surface area (Å²) in [6.45, 7) is 4.79. The molecule has 1 aliphatic carbocycles. The van der Waals surface area contributed by atoms with Crippen LogP contribution >= 0.6 is 0 Å². The van der Waals surface area contributed by atoms with E-state index in [1.165, 1.54) is 4.90 Å². The summed E-state index contributed by atoms with van der Waals surface area (Å²) in [4.78, 5) is 25.2. The molecule has 1 saturated carbocycles. The van der Waals surface area contributed by atoms with Crippen molar-refractivity contribution in [1.82, 2.24) is 10.2 Å². The van der Waals surface area contributed by atoms with Gasteiger partial charge in [0.1, 0.15) is 6.04 Å². The third-order valence-corrected chi connectivity index (χ3v) is 4.73. The van der Waals surface area contributed by atoms with Gasteiger partial charge in [0.05, 0.1) is 0 Å². The van der Waals surface area contributed by atoms with Crippen LogP contribution in [-0.4, -0.2) is 40.6 Å². The Labute approximate surface area is 120 Å². The highest BCUT2D eigenvalue weighted by Gasteiger charge is 2.41. The standard InChI is InChI=1S/C15H26N2O3/c1-3-5-11-9-12(11)16-15(20)17-7-6-10(4-2)8-13(17)14(18)19/h10-13H,3-9H2,1-2H3,(H,16,20)(H,18,19). The van der Waals surface area contributed by atoms with E-state index in [9.17, 15) is 14.7 Å². The zero-order chi connectivity index (χ0) is 14.7. The van der Waals surface area contributed by atoms with Crippen LogP contribution in [0.4, 0.5) is 4.79 Å². The van der Waals surface area contributed by atoms with Crippen molar-refractivity contribution >= 4 is 12.0 Å². The summed E-state index contributed by atoms with van der Waals surface area (Å²) in [6.07, 6.45) is 5.81. The number of carboxylic acids is 1. The van der Waals surface area contributed by atoms with E-state index in [0.717, 1.165) is 32.1 Å². The van der Waals surface area contributed by atoms with E-state index < -0.39 is 12.0 Å². The molecule has 0 bridgehead atoms. The smallest absolute Gasteiger partial charge is 0.326 e. The van der Waals surface area contributed by atoms with Crippen LogP contribution in [0.5, 0.6) is 0 Å². The van der Waals surface area contributed by atoms with E-state index in [2.05, 4.69) is 19.2 Å². The lowest BCUT2D eigenvalue weighted by Gasteiger charge is -2.36. The summed E-state index contributed by atoms with van der Waals surface area (Å²) >= 11 is 0. The molecule has 1 aliphatic heterocycles. The minimum atomic E-state index is -0.876. The second-order valence-electron chi connectivity index (χ2n) is 6.19. The van der Waals surface area contributed by atoms with Gasteiger partial charge in [-0.1, -0.05) is 26.7 Å². The number of aliphatic carboxylic acids is 1. The van der Waals surface area contributed by atoms with E-state index in [0.29, 0.717) is 24.8 Å². The Morgan fingerprint density at radius 3 is 2.65 bits per heavy atom. The Kier molecular flexibility index (Phi) is 4.89. The van der Waals surface area contributed by atoms with Gasteiger partial charge in [-0.2, -0.15) is 0 Å². The number of piperidine rings is 1. The summed E-state index contributed by atoms with van der Waals surface area (Å²) in [5.41, 5.74) is 0. The van der Waals surface area contributed by atoms with E-state index in [1.54, 1.807) is 0 Å². The van der Waals surface area contributed by atoms with Crippen LogP contribution in [0.2, 0.25) is 0 Å². The normalized spacial score (nSPS) is 32.8. The van der Waals surface area contributed by atoms with E-state index in [1.807, 2.05) is 0 Å². The van der Waals surface area contributed by atoms with E-state index in [4.69, 9.17) is 0 Å². The Hall–Kier alpha value is -1.26. The van der Waals surface area contributed by atoms with Crippen LogP contribution < -0.4 is 5.32 Å². The quantitative estimate of drug-likeness (QED) is 0.813. The minimum absolute atomic E-state index is 0.185. The topological polar surface area (TPSA) is 69.6 Å². The maximum atomic E-state index is 12.3. The first-order chi connectivity index (χ1) is 9.56. The Morgan fingerprint density at radius 2 is 2.05 bits per heavy atom. The second-order valence-corrected chi connectivity index (χ2v) is 6.19. The number of amides is 2. The highest BCUT2D eigenvalue weighted by molar-refractivity contribution is 5.83. The molecule has 1 heterocycles. The van der Waals surface area contributed by atoms with Crippen molar-refractivity contribution in [3.63, 3.8) is 0 Å². The molecule has 2 fully saturated rings. The first-order valence-electron chi connectivity index (χ1n) is 7.86. The molecule has 4 atom stereocenters. The molecule has 20 heavy (non-hydrogen) atoms. The number of nitrogens with zero attached hydrogens (tertiary/aromatic N) is 1. The van der Waals surface area contributed by atoms with Gasteiger partial charge in [0.2, 0.25) is 0 Å². The zero-order valence-corrected chi connectivity index (χ0v) is 12.5. The average Bonchev–Trinajstić information content (AvgIpc) is 3.16. The molecule has 5 nitrogen and oxygen atoms in total. The number of hydrogen-bond acceptors (Lipinski definition) is 2. The molecule has 4 unspecified atom stereocenters. The summed E-state index contributed by atoms with van der Waals surface area (Å²) in [6, 6.07) is -0.576. The van der Waals surface area contributed by atoms with Crippen molar-refractivity contribution < 1.29 is 14.7 Å². The van der Waals surface area contributed by atoms with Gasteiger partial charge in [0, 0.05) is 12.6 Å². The Morgan fingerprint density at radius 1 is 1.30 bits per heavy atom. The molecule has 0 spiro atoms. The molecule has 1 saturated heterocycles. The molecule has 2 aliphatic rings. The fraction of sp³-hybridized carbons (Fsp3) is 0.867. The van der Waals surface area contributed by atoms with Crippen molar-refractivity contribution in [2.45, 2.75) is 64.5 Å². The predicted octanol–water partition coefficient (Wildman–Crippen LogP) is 2.46. The first-order valence-corrected chi connectivity index (χ1v) is 7.86. The first kappa shape index (κ1) is 15.1. The summed E-state index contributed by atoms with van der Waals surface area (Å²) in [5, 5.41) is 12.3. The van der Waals surface area contributed by atoms with E-state index >= 15 is 0 Å². The van der Waals surface area contributed by atoms with Crippen LogP contribution in [-0.2, 0) is 4.79 Å². The highest BCUT2D eigenvalue weighted by Crippen LogP contribution is 2.35. The molecule has 0 aromatic rings. The average molecular weight is 282 g/mol. The lowest BCUT2D eigenvalue weighted by atomic mass is 9.89. The molecule has 0 radical (unpaired) electrons. The minimum Gasteiger partial charge on any atom is -0.480 e. The molecule has 2 N–H and O–H groups in total. The third-order valence-electron chi connectivity index (χ3n) is 4.73. The number of hydrogen-bond donors (Lipinski definition) is 2. The number of carbonyl (C=O) groups excluding carboxylic acids is 1. The van der Waals surface area contributed by atoms with Gasteiger partial charge in [0.15, 0.2) is 0 Å². The maximum Gasteiger partial charge on any atom is 0.326 e. The molecule has 0 aromatic heterocycles. The van der Waals surface area contributed by atoms with Gasteiger partial charge < -0.3 is 15.3 Å². The summed E-state index contributed by atoms with van der Waals surface area (Å²) in [5.74, 6) is 0.147. The fourth-order valence-corrected chi connectivity index (χ4v) is 3.24.